The first-order valence-electron chi connectivity index (χ1n) is 6.84. The topological polar surface area (TPSA) is 0 Å². The molecule has 0 aliphatic rings. The SMILES string of the molecule is Fc1ccccc1/C=C/CSSC/C=C/c1ccccc1F. The normalized spacial score (nSPS) is 11.5. The van der Waals surface area contributed by atoms with Crippen LogP contribution in [0.1, 0.15) is 11.1 Å². The van der Waals surface area contributed by atoms with Crippen molar-refractivity contribution in [3.8, 4) is 0 Å². The van der Waals surface area contributed by atoms with Crippen molar-refractivity contribution in [3.63, 3.8) is 0 Å². The van der Waals surface area contributed by atoms with Gasteiger partial charge in [0, 0.05) is 22.6 Å². The fourth-order valence-electron chi connectivity index (χ4n) is 1.75. The van der Waals surface area contributed by atoms with Crippen LogP contribution in [0.2, 0.25) is 0 Å². The molecule has 0 fully saturated rings. The lowest BCUT2D eigenvalue weighted by atomic mass is 10.2. The van der Waals surface area contributed by atoms with Crippen LogP contribution in [-0.4, -0.2) is 11.5 Å². The zero-order valence-electron chi connectivity index (χ0n) is 11.9. The van der Waals surface area contributed by atoms with Gasteiger partial charge in [-0.15, -0.1) is 0 Å². The maximum Gasteiger partial charge on any atom is 0.130 e. The number of hydrogen-bond donors (Lipinski definition) is 0. The monoisotopic (exact) mass is 334 g/mol. The number of benzene rings is 2. The minimum absolute atomic E-state index is 0.204. The van der Waals surface area contributed by atoms with E-state index < -0.39 is 0 Å². The van der Waals surface area contributed by atoms with Crippen LogP contribution in [0.4, 0.5) is 8.78 Å². The Bertz CT molecular complexity index is 594. The Labute approximate surface area is 137 Å². The molecule has 2 rings (SSSR count). The zero-order valence-corrected chi connectivity index (χ0v) is 13.5. The molecule has 0 aromatic heterocycles. The molecular weight excluding hydrogens is 318 g/mol. The van der Waals surface area contributed by atoms with Gasteiger partial charge < -0.3 is 0 Å². The fourth-order valence-corrected chi connectivity index (χ4v) is 3.34. The summed E-state index contributed by atoms with van der Waals surface area (Å²) in [5, 5.41) is 0. The van der Waals surface area contributed by atoms with E-state index in [-0.39, 0.29) is 11.6 Å². The van der Waals surface area contributed by atoms with E-state index in [1.165, 1.54) is 12.1 Å². The quantitative estimate of drug-likeness (QED) is 0.445. The van der Waals surface area contributed by atoms with Crippen LogP contribution in [0.5, 0.6) is 0 Å². The Kier molecular flexibility index (Phi) is 7.26. The first kappa shape index (κ1) is 16.8. The Morgan fingerprint density at radius 3 is 1.50 bits per heavy atom. The summed E-state index contributed by atoms with van der Waals surface area (Å²) in [6.45, 7) is 0. The van der Waals surface area contributed by atoms with Gasteiger partial charge in [0.25, 0.3) is 0 Å². The van der Waals surface area contributed by atoms with Gasteiger partial charge in [-0.3, -0.25) is 0 Å². The van der Waals surface area contributed by atoms with Crippen molar-refractivity contribution in [3.05, 3.63) is 83.4 Å². The van der Waals surface area contributed by atoms with Crippen LogP contribution in [0.25, 0.3) is 12.2 Å². The van der Waals surface area contributed by atoms with Crippen LogP contribution in [-0.2, 0) is 0 Å². The number of hydrogen-bond acceptors (Lipinski definition) is 2. The second-order valence-electron chi connectivity index (χ2n) is 4.42. The zero-order chi connectivity index (χ0) is 15.6. The molecule has 0 unspecified atom stereocenters. The summed E-state index contributed by atoms with van der Waals surface area (Å²) >= 11 is 0. The second kappa shape index (κ2) is 9.49. The van der Waals surface area contributed by atoms with Gasteiger partial charge in [0.05, 0.1) is 0 Å². The molecule has 2 aromatic carbocycles. The smallest absolute Gasteiger partial charge is 0.130 e. The van der Waals surface area contributed by atoms with Gasteiger partial charge in [0.1, 0.15) is 11.6 Å². The molecule has 0 saturated carbocycles. The van der Waals surface area contributed by atoms with E-state index in [0.717, 1.165) is 11.5 Å². The van der Waals surface area contributed by atoms with Crippen LogP contribution in [0.15, 0.2) is 60.7 Å². The summed E-state index contributed by atoms with van der Waals surface area (Å²) < 4.78 is 26.7. The van der Waals surface area contributed by atoms with Crippen molar-refractivity contribution in [2.45, 2.75) is 0 Å². The fraction of sp³-hybridized carbons (Fsp3) is 0.111. The Morgan fingerprint density at radius 2 is 1.09 bits per heavy atom. The minimum atomic E-state index is -0.204. The maximum absolute atomic E-state index is 13.4. The summed E-state index contributed by atoms with van der Waals surface area (Å²) in [4.78, 5) is 0. The third-order valence-corrected chi connectivity index (χ3v) is 4.96. The molecule has 4 heteroatoms. The van der Waals surface area contributed by atoms with Crippen molar-refractivity contribution in [2.75, 3.05) is 11.5 Å². The molecular formula is C18H16F2S2. The average Bonchev–Trinajstić information content (AvgIpc) is 2.53. The van der Waals surface area contributed by atoms with E-state index in [2.05, 4.69) is 0 Å². The van der Waals surface area contributed by atoms with Crippen molar-refractivity contribution in [1.29, 1.82) is 0 Å². The minimum Gasteiger partial charge on any atom is -0.206 e. The predicted octanol–water partition coefficient (Wildman–Crippen LogP) is 6.07. The van der Waals surface area contributed by atoms with Crippen LogP contribution in [0.3, 0.4) is 0 Å². The van der Waals surface area contributed by atoms with Crippen LogP contribution < -0.4 is 0 Å². The Balaban J connectivity index is 1.66. The molecule has 2 aromatic rings. The van der Waals surface area contributed by atoms with E-state index in [9.17, 15) is 8.78 Å². The lowest BCUT2D eigenvalue weighted by molar-refractivity contribution is 0.624. The third-order valence-electron chi connectivity index (χ3n) is 2.82. The highest BCUT2D eigenvalue weighted by Crippen LogP contribution is 2.22. The predicted molar refractivity (Wildman–Crippen MR) is 95.8 cm³/mol. The van der Waals surface area contributed by atoms with E-state index >= 15 is 0 Å². The van der Waals surface area contributed by atoms with Gasteiger partial charge in [-0.1, -0.05) is 82.3 Å². The van der Waals surface area contributed by atoms with Crippen molar-refractivity contribution in [1.82, 2.24) is 0 Å². The van der Waals surface area contributed by atoms with Gasteiger partial charge in [-0.05, 0) is 12.1 Å². The highest BCUT2D eigenvalue weighted by molar-refractivity contribution is 8.76. The molecule has 0 saturated heterocycles. The first-order valence-corrected chi connectivity index (χ1v) is 9.33. The molecule has 0 spiro atoms. The van der Waals surface area contributed by atoms with Gasteiger partial charge in [-0.25, -0.2) is 8.78 Å². The first-order chi connectivity index (χ1) is 10.8. The second-order valence-corrected chi connectivity index (χ2v) is 6.97. The maximum atomic E-state index is 13.4. The van der Waals surface area contributed by atoms with Gasteiger partial charge in [0.2, 0.25) is 0 Å². The molecule has 0 nitrogen and oxygen atoms in total. The lowest BCUT2D eigenvalue weighted by Gasteiger charge is -1.97. The van der Waals surface area contributed by atoms with Crippen LogP contribution in [0, 0.1) is 11.6 Å². The largest absolute Gasteiger partial charge is 0.206 e. The van der Waals surface area contributed by atoms with E-state index in [1.807, 2.05) is 24.3 Å². The van der Waals surface area contributed by atoms with Crippen molar-refractivity contribution in [2.24, 2.45) is 0 Å². The van der Waals surface area contributed by atoms with Crippen LogP contribution >= 0.6 is 21.6 Å². The van der Waals surface area contributed by atoms with Gasteiger partial charge in [-0.2, -0.15) is 0 Å². The highest BCUT2D eigenvalue weighted by Gasteiger charge is 1.95. The lowest BCUT2D eigenvalue weighted by Crippen LogP contribution is -1.80. The van der Waals surface area contributed by atoms with Gasteiger partial charge >= 0.3 is 0 Å². The summed E-state index contributed by atoms with van der Waals surface area (Å²) in [7, 11) is 3.36. The molecule has 0 heterocycles. The number of rotatable bonds is 7. The molecule has 0 radical (unpaired) electrons. The van der Waals surface area contributed by atoms with E-state index in [0.29, 0.717) is 11.1 Å². The van der Waals surface area contributed by atoms with E-state index in [1.54, 1.807) is 58.0 Å². The molecule has 0 bridgehead atoms. The Hall–Kier alpha value is -1.52. The third kappa shape index (κ3) is 5.70. The summed E-state index contributed by atoms with van der Waals surface area (Å²) in [6.07, 6.45) is 7.46. The van der Waals surface area contributed by atoms with Crippen molar-refractivity contribution >= 4 is 33.7 Å². The molecule has 0 aliphatic carbocycles. The highest BCUT2D eigenvalue weighted by atomic mass is 33.1. The molecule has 0 atom stereocenters. The summed E-state index contributed by atoms with van der Waals surface area (Å²) in [6, 6.07) is 13.4. The molecule has 0 amide bonds. The summed E-state index contributed by atoms with van der Waals surface area (Å²) in [5.41, 5.74) is 1.21. The standard InChI is InChI=1S/C18H16F2S2/c19-17-11-3-1-7-15(17)9-5-13-21-22-14-6-10-16-8-2-4-12-18(16)20/h1-12H,13-14H2/b9-5+,10-6+. The van der Waals surface area contributed by atoms with Gasteiger partial charge in [0.15, 0.2) is 0 Å². The molecule has 114 valence electrons. The molecule has 0 aliphatic heterocycles. The van der Waals surface area contributed by atoms with E-state index in [4.69, 9.17) is 0 Å². The summed E-state index contributed by atoms with van der Waals surface area (Å²) in [5.74, 6) is 1.19. The molecule has 22 heavy (non-hydrogen) atoms. The number of halogens is 2. The Morgan fingerprint density at radius 1 is 0.682 bits per heavy atom. The molecule has 0 N–H and O–H groups in total. The average molecular weight is 334 g/mol. The van der Waals surface area contributed by atoms with Crippen molar-refractivity contribution < 1.29 is 8.78 Å².